The van der Waals surface area contributed by atoms with E-state index in [4.69, 9.17) is 4.74 Å². The Morgan fingerprint density at radius 1 is 1.24 bits per heavy atom. The largest absolute Gasteiger partial charge is 0.493 e. The molecule has 8 nitrogen and oxygen atoms in total. The first-order chi connectivity index (χ1) is 15.8. The summed E-state index contributed by atoms with van der Waals surface area (Å²) < 4.78 is 32.7. The molecular formula is C24H31N3O5S. The van der Waals surface area contributed by atoms with Gasteiger partial charge in [0.1, 0.15) is 5.75 Å². The van der Waals surface area contributed by atoms with Crippen LogP contribution in [0.15, 0.2) is 53.4 Å². The lowest BCUT2D eigenvalue weighted by Gasteiger charge is -2.36. The Kier molecular flexibility index (Phi) is 7.04. The first-order valence-corrected chi connectivity index (χ1v) is 12.7. The van der Waals surface area contributed by atoms with Crippen LogP contribution in [0.25, 0.3) is 0 Å². The van der Waals surface area contributed by atoms with Crippen LogP contribution in [-0.4, -0.2) is 75.7 Å². The van der Waals surface area contributed by atoms with E-state index >= 15 is 0 Å². The zero-order valence-electron chi connectivity index (χ0n) is 19.0. The van der Waals surface area contributed by atoms with Crippen LogP contribution in [0.1, 0.15) is 35.9 Å². The number of nitrogens with zero attached hydrogens (tertiary/aromatic N) is 2. The summed E-state index contributed by atoms with van der Waals surface area (Å²) in [5, 5.41) is 9.97. The SMILES string of the molecule is CNS(=O)(=O)c1ccc2c(c1)C(C(=O)N(C)[C@H](CN1CC[C@H](O)C1)c1ccccc1)CCO2. The lowest BCUT2D eigenvalue weighted by atomic mass is 9.91. The maximum atomic E-state index is 13.8. The number of carbonyl (C=O) groups is 1. The number of rotatable bonds is 7. The molecule has 0 saturated carbocycles. The van der Waals surface area contributed by atoms with Gasteiger partial charge in [0.15, 0.2) is 0 Å². The third-order valence-corrected chi connectivity index (χ3v) is 7.99. The van der Waals surface area contributed by atoms with Gasteiger partial charge in [0.2, 0.25) is 15.9 Å². The van der Waals surface area contributed by atoms with E-state index in [1.807, 2.05) is 30.3 Å². The molecule has 0 bridgehead atoms. The van der Waals surface area contributed by atoms with Crippen molar-refractivity contribution in [3.63, 3.8) is 0 Å². The van der Waals surface area contributed by atoms with Crippen molar-refractivity contribution in [3.05, 3.63) is 59.7 Å². The van der Waals surface area contributed by atoms with Crippen molar-refractivity contribution < 1.29 is 23.1 Å². The normalized spacial score (nSPS) is 21.8. The predicted octanol–water partition coefficient (Wildman–Crippen LogP) is 1.73. The number of fused-ring (bicyclic) bond motifs is 1. The average molecular weight is 474 g/mol. The van der Waals surface area contributed by atoms with Gasteiger partial charge in [-0.1, -0.05) is 30.3 Å². The molecule has 2 heterocycles. The average Bonchev–Trinajstić information content (AvgIpc) is 3.26. The number of sulfonamides is 1. The maximum absolute atomic E-state index is 13.8. The van der Waals surface area contributed by atoms with Crippen molar-refractivity contribution >= 4 is 15.9 Å². The molecule has 2 aromatic carbocycles. The summed E-state index contributed by atoms with van der Waals surface area (Å²) in [6.45, 7) is 2.39. The Balaban J connectivity index is 1.64. The summed E-state index contributed by atoms with van der Waals surface area (Å²) in [5.74, 6) is -0.0322. The molecule has 3 atom stereocenters. The number of hydrogen-bond donors (Lipinski definition) is 2. The summed E-state index contributed by atoms with van der Waals surface area (Å²) in [6.07, 6.45) is 0.871. The number of β-amino-alcohol motifs (C(OH)–C–C–N with tert-alkyl or cyclic N) is 1. The second-order valence-electron chi connectivity index (χ2n) is 8.67. The first kappa shape index (κ1) is 23.7. The number of amides is 1. The molecular weight excluding hydrogens is 442 g/mol. The Bertz CT molecular complexity index is 1090. The van der Waals surface area contributed by atoms with E-state index in [0.29, 0.717) is 37.4 Å². The summed E-state index contributed by atoms with van der Waals surface area (Å²) in [6, 6.07) is 14.3. The third-order valence-electron chi connectivity index (χ3n) is 6.58. The van der Waals surface area contributed by atoms with Gasteiger partial charge in [-0.05, 0) is 43.7 Å². The van der Waals surface area contributed by atoms with Gasteiger partial charge >= 0.3 is 0 Å². The predicted molar refractivity (Wildman–Crippen MR) is 125 cm³/mol. The second-order valence-corrected chi connectivity index (χ2v) is 10.6. The molecule has 2 N–H and O–H groups in total. The highest BCUT2D eigenvalue weighted by molar-refractivity contribution is 7.89. The van der Waals surface area contributed by atoms with Crippen LogP contribution in [0.5, 0.6) is 5.75 Å². The lowest BCUT2D eigenvalue weighted by molar-refractivity contribution is -0.134. The molecule has 0 aliphatic carbocycles. The molecule has 2 aromatic rings. The van der Waals surface area contributed by atoms with Crippen LogP contribution in [0.3, 0.4) is 0 Å². The molecule has 33 heavy (non-hydrogen) atoms. The van der Waals surface area contributed by atoms with Gasteiger partial charge in [-0.25, -0.2) is 13.1 Å². The van der Waals surface area contributed by atoms with Crippen LogP contribution >= 0.6 is 0 Å². The van der Waals surface area contributed by atoms with Crippen molar-refractivity contribution in [3.8, 4) is 5.75 Å². The van der Waals surface area contributed by atoms with E-state index in [2.05, 4.69) is 9.62 Å². The quantitative estimate of drug-likeness (QED) is 0.636. The molecule has 2 aliphatic heterocycles. The minimum atomic E-state index is -3.64. The van der Waals surface area contributed by atoms with Crippen LogP contribution < -0.4 is 9.46 Å². The van der Waals surface area contributed by atoms with E-state index in [1.165, 1.54) is 13.1 Å². The minimum Gasteiger partial charge on any atom is -0.493 e. The fourth-order valence-electron chi connectivity index (χ4n) is 4.66. The maximum Gasteiger partial charge on any atom is 0.240 e. The van der Waals surface area contributed by atoms with Crippen LogP contribution in [0, 0.1) is 0 Å². The summed E-state index contributed by atoms with van der Waals surface area (Å²) in [5.41, 5.74) is 1.62. The Labute approximate surface area is 195 Å². The van der Waals surface area contributed by atoms with Gasteiger partial charge in [0, 0.05) is 32.2 Å². The molecule has 9 heteroatoms. The van der Waals surface area contributed by atoms with Gasteiger partial charge in [-0.15, -0.1) is 0 Å². The second kappa shape index (κ2) is 9.80. The Hall–Kier alpha value is -2.46. The lowest BCUT2D eigenvalue weighted by Crippen LogP contribution is -2.41. The Morgan fingerprint density at radius 3 is 2.67 bits per heavy atom. The number of ether oxygens (including phenoxy) is 1. The van der Waals surface area contributed by atoms with Crippen molar-refractivity contribution in [2.24, 2.45) is 0 Å². The molecule has 0 radical (unpaired) electrons. The molecule has 1 unspecified atom stereocenters. The number of aliphatic hydroxyl groups excluding tert-OH is 1. The molecule has 1 amide bonds. The first-order valence-electron chi connectivity index (χ1n) is 11.2. The van der Waals surface area contributed by atoms with Gasteiger partial charge in [-0.3, -0.25) is 9.69 Å². The molecule has 4 rings (SSSR count). The molecule has 2 aliphatic rings. The third kappa shape index (κ3) is 5.06. The van der Waals surface area contributed by atoms with E-state index < -0.39 is 15.9 Å². The number of aliphatic hydroxyl groups is 1. The van der Waals surface area contributed by atoms with E-state index in [0.717, 1.165) is 18.5 Å². The molecule has 0 spiro atoms. The summed E-state index contributed by atoms with van der Waals surface area (Å²) in [7, 11) is -0.478. The fraction of sp³-hybridized carbons (Fsp3) is 0.458. The number of likely N-dealkylation sites (tertiary alicyclic amines) is 1. The standard InChI is InChI=1S/C24H31N3O5S/c1-25-33(30,31)19-8-9-23-21(14-19)20(11-13-32-23)24(29)26(2)22(17-6-4-3-5-7-17)16-27-12-10-18(28)15-27/h3-9,14,18,20,22,25,28H,10-13,15-16H2,1-2H3/t18-,20?,22+/m0/s1. The highest BCUT2D eigenvalue weighted by Gasteiger charge is 2.35. The fourth-order valence-corrected chi connectivity index (χ4v) is 5.43. The molecule has 1 fully saturated rings. The summed E-state index contributed by atoms with van der Waals surface area (Å²) in [4.78, 5) is 17.8. The van der Waals surface area contributed by atoms with Crippen LogP contribution in [0.4, 0.5) is 0 Å². The number of likely N-dealkylation sites (N-methyl/N-ethyl adjacent to an activating group) is 1. The number of carbonyl (C=O) groups excluding carboxylic acids is 1. The van der Waals surface area contributed by atoms with Gasteiger partial charge in [0.25, 0.3) is 0 Å². The Morgan fingerprint density at radius 2 is 2.00 bits per heavy atom. The molecule has 178 valence electrons. The van der Waals surface area contributed by atoms with E-state index in [1.54, 1.807) is 24.1 Å². The minimum absolute atomic E-state index is 0.0767. The highest BCUT2D eigenvalue weighted by Crippen LogP contribution is 2.38. The van der Waals surface area contributed by atoms with Crippen LogP contribution in [-0.2, 0) is 14.8 Å². The summed E-state index contributed by atoms with van der Waals surface area (Å²) >= 11 is 0. The van der Waals surface area contributed by atoms with E-state index in [9.17, 15) is 18.3 Å². The van der Waals surface area contributed by atoms with Gasteiger partial charge < -0.3 is 14.7 Å². The van der Waals surface area contributed by atoms with Gasteiger partial charge in [-0.2, -0.15) is 0 Å². The van der Waals surface area contributed by atoms with Gasteiger partial charge in [0.05, 0.1) is 29.6 Å². The van der Waals surface area contributed by atoms with Crippen molar-refractivity contribution in [1.82, 2.24) is 14.5 Å². The monoisotopic (exact) mass is 473 g/mol. The zero-order valence-corrected chi connectivity index (χ0v) is 19.8. The van der Waals surface area contributed by atoms with E-state index in [-0.39, 0.29) is 22.9 Å². The topological polar surface area (TPSA) is 99.2 Å². The zero-order chi connectivity index (χ0) is 23.6. The highest BCUT2D eigenvalue weighted by atomic mass is 32.2. The number of nitrogens with one attached hydrogen (secondary N) is 1. The number of hydrogen-bond acceptors (Lipinski definition) is 6. The van der Waals surface area contributed by atoms with Crippen molar-refractivity contribution in [2.75, 3.05) is 40.3 Å². The number of benzene rings is 2. The van der Waals surface area contributed by atoms with Crippen molar-refractivity contribution in [1.29, 1.82) is 0 Å². The van der Waals surface area contributed by atoms with Crippen molar-refractivity contribution in [2.45, 2.75) is 35.8 Å². The smallest absolute Gasteiger partial charge is 0.240 e. The molecule has 0 aromatic heterocycles. The molecule has 1 saturated heterocycles. The van der Waals surface area contributed by atoms with Crippen LogP contribution in [0.2, 0.25) is 0 Å².